The molecule has 0 atom stereocenters. The van der Waals surface area contributed by atoms with E-state index in [-0.39, 0.29) is 14.3 Å². The first-order valence-corrected chi connectivity index (χ1v) is 12.1. The average molecular weight is 512 g/mol. The summed E-state index contributed by atoms with van der Waals surface area (Å²) in [5, 5.41) is 19.6. The van der Waals surface area contributed by atoms with Gasteiger partial charge in [-0.1, -0.05) is 41.4 Å². The molecule has 0 saturated heterocycles. The zero-order valence-electron chi connectivity index (χ0n) is 15.7. The molecule has 0 amide bonds. The van der Waals surface area contributed by atoms with E-state index in [1.54, 1.807) is 6.07 Å². The first-order valence-electron chi connectivity index (χ1n) is 8.49. The van der Waals surface area contributed by atoms with E-state index in [4.69, 9.17) is 28.5 Å². The van der Waals surface area contributed by atoms with Crippen LogP contribution in [-0.2, 0) is 20.0 Å². The molecule has 3 aromatic carbocycles. The van der Waals surface area contributed by atoms with E-state index >= 15 is 0 Å². The third-order valence-electron chi connectivity index (χ3n) is 4.15. The van der Waals surface area contributed by atoms with Gasteiger partial charge in [0.25, 0.3) is 25.7 Å². The summed E-state index contributed by atoms with van der Waals surface area (Å²) >= 11 is 12.1. The molecule has 0 unspecified atom stereocenters. The van der Waals surface area contributed by atoms with Crippen LogP contribution in [0, 0.1) is 21.4 Å². The summed E-state index contributed by atoms with van der Waals surface area (Å²) < 4.78 is 54.2. The number of nitro benzene ring substituents is 1. The van der Waals surface area contributed by atoms with Crippen molar-refractivity contribution in [2.24, 2.45) is 0 Å². The Kier molecular flexibility index (Phi) is 6.43. The lowest BCUT2D eigenvalue weighted by molar-refractivity contribution is -0.385. The fraction of sp³-hybridized carbons (Fsp3) is 0. The van der Waals surface area contributed by atoms with Crippen LogP contribution >= 0.6 is 23.2 Å². The number of benzene rings is 3. The Bertz CT molecular complexity index is 1480. The Morgan fingerprint density at radius 3 is 2.19 bits per heavy atom. The lowest BCUT2D eigenvalue weighted by Crippen LogP contribution is -2.37. The number of hydrogen-bond acceptors (Lipinski definition) is 7. The molecule has 0 aromatic heterocycles. The molecule has 0 fully saturated rings. The minimum absolute atomic E-state index is 0.0315. The molecular weight excluding hydrogens is 501 g/mol. The number of rotatable bonds is 6. The van der Waals surface area contributed by atoms with Gasteiger partial charge in [0.1, 0.15) is 4.90 Å². The van der Waals surface area contributed by atoms with Crippen LogP contribution in [-0.4, -0.2) is 21.8 Å². The number of anilines is 1. The highest BCUT2D eigenvalue weighted by Gasteiger charge is 2.40. The van der Waals surface area contributed by atoms with Crippen molar-refractivity contribution >= 4 is 54.6 Å². The number of nitrogens with zero attached hydrogens (tertiary/aromatic N) is 3. The third kappa shape index (κ3) is 4.26. The molecule has 32 heavy (non-hydrogen) atoms. The van der Waals surface area contributed by atoms with Crippen LogP contribution in [0.3, 0.4) is 0 Å². The van der Waals surface area contributed by atoms with Crippen molar-refractivity contribution in [3.63, 3.8) is 0 Å². The molecule has 0 radical (unpaired) electrons. The number of nitriles is 1. The number of sulfonamides is 2. The molecule has 0 saturated carbocycles. The van der Waals surface area contributed by atoms with Crippen molar-refractivity contribution in [1.29, 1.82) is 5.26 Å². The standard InChI is InChI=1S/C19H11Cl2N3O6S2/c20-16-6-1-2-7-18(16)24(31(27,28)15-5-3-4-13(10-15)12-22)32(29,30)19-11-14(23(25)26)8-9-17(19)21/h1-11H. The second-order valence-electron chi connectivity index (χ2n) is 6.17. The molecule has 13 heteroatoms. The van der Waals surface area contributed by atoms with Crippen molar-refractivity contribution in [3.8, 4) is 6.07 Å². The Morgan fingerprint density at radius 2 is 1.56 bits per heavy atom. The zero-order chi connectivity index (χ0) is 23.7. The number of halogens is 2. The SMILES string of the molecule is N#Cc1cccc(S(=O)(=O)N(c2ccccc2Cl)S(=O)(=O)c2cc([N+](=O)[O-])ccc2Cl)c1. The van der Waals surface area contributed by atoms with Gasteiger partial charge >= 0.3 is 0 Å². The summed E-state index contributed by atoms with van der Waals surface area (Å²) in [6.07, 6.45) is 0. The molecule has 9 nitrogen and oxygen atoms in total. The predicted octanol–water partition coefficient (Wildman–Crippen LogP) is 4.36. The predicted molar refractivity (Wildman–Crippen MR) is 118 cm³/mol. The second-order valence-corrected chi connectivity index (χ2v) is 10.8. The van der Waals surface area contributed by atoms with Gasteiger partial charge in [-0.2, -0.15) is 17.4 Å². The van der Waals surface area contributed by atoms with Crippen LogP contribution in [0.1, 0.15) is 5.56 Å². The zero-order valence-corrected chi connectivity index (χ0v) is 18.9. The molecule has 0 heterocycles. The summed E-state index contributed by atoms with van der Waals surface area (Å²) in [6.45, 7) is 0. The van der Waals surface area contributed by atoms with Crippen molar-refractivity contribution in [2.75, 3.05) is 3.71 Å². The van der Waals surface area contributed by atoms with Gasteiger partial charge in [-0.3, -0.25) is 10.1 Å². The van der Waals surface area contributed by atoms with Crippen LogP contribution in [0.2, 0.25) is 10.0 Å². The topological polar surface area (TPSA) is 138 Å². The Hall–Kier alpha value is -3.17. The molecular formula is C19H11Cl2N3O6S2. The smallest absolute Gasteiger partial charge is 0.258 e. The molecule has 0 aliphatic rings. The summed E-state index contributed by atoms with van der Waals surface area (Å²) in [6, 6.07) is 14.3. The van der Waals surface area contributed by atoms with E-state index in [1.165, 1.54) is 30.3 Å². The molecule has 0 bridgehead atoms. The van der Waals surface area contributed by atoms with Crippen LogP contribution in [0.15, 0.2) is 76.5 Å². The largest absolute Gasteiger partial charge is 0.279 e. The maximum absolute atomic E-state index is 13.6. The van der Waals surface area contributed by atoms with Crippen molar-refractivity contribution < 1.29 is 21.8 Å². The highest BCUT2D eigenvalue weighted by Crippen LogP contribution is 2.38. The second kappa shape index (κ2) is 8.76. The first-order chi connectivity index (χ1) is 15.0. The first kappa shape index (κ1) is 23.5. The van der Waals surface area contributed by atoms with Crippen LogP contribution in [0.4, 0.5) is 11.4 Å². The molecule has 0 spiro atoms. The number of hydrogen-bond donors (Lipinski definition) is 0. The third-order valence-corrected chi connectivity index (χ3v) is 9.10. The van der Waals surface area contributed by atoms with Crippen LogP contribution < -0.4 is 3.71 Å². The van der Waals surface area contributed by atoms with Gasteiger partial charge in [0.05, 0.1) is 37.2 Å². The normalized spacial score (nSPS) is 11.5. The highest BCUT2D eigenvalue weighted by atomic mass is 35.5. The quantitative estimate of drug-likeness (QED) is 0.353. The molecule has 0 aliphatic heterocycles. The summed E-state index contributed by atoms with van der Waals surface area (Å²) in [4.78, 5) is 8.99. The lowest BCUT2D eigenvalue weighted by atomic mass is 10.2. The highest BCUT2D eigenvalue weighted by molar-refractivity contribution is 8.10. The van der Waals surface area contributed by atoms with E-state index in [0.717, 1.165) is 30.3 Å². The van der Waals surface area contributed by atoms with Crippen molar-refractivity contribution in [2.45, 2.75) is 9.79 Å². The van der Waals surface area contributed by atoms with Crippen LogP contribution in [0.5, 0.6) is 0 Å². The Labute approximate surface area is 193 Å². The fourth-order valence-corrected chi connectivity index (χ4v) is 7.28. The van der Waals surface area contributed by atoms with Gasteiger partial charge in [-0.15, -0.1) is 0 Å². The number of nitro groups is 1. The summed E-state index contributed by atoms with van der Waals surface area (Å²) in [5.74, 6) is 0. The Balaban J connectivity index is 2.37. The van der Waals surface area contributed by atoms with Gasteiger partial charge < -0.3 is 0 Å². The van der Waals surface area contributed by atoms with Crippen molar-refractivity contribution in [1.82, 2.24) is 0 Å². The molecule has 164 valence electrons. The fourth-order valence-electron chi connectivity index (χ4n) is 2.70. The molecule has 0 aliphatic carbocycles. The number of para-hydroxylation sites is 1. The van der Waals surface area contributed by atoms with E-state index in [0.29, 0.717) is 6.07 Å². The maximum atomic E-state index is 13.6. The van der Waals surface area contributed by atoms with Gasteiger partial charge in [-0.25, -0.2) is 8.42 Å². The summed E-state index contributed by atoms with van der Waals surface area (Å²) in [5.41, 5.74) is -1.08. The minimum atomic E-state index is -5.05. The van der Waals surface area contributed by atoms with E-state index in [9.17, 15) is 26.9 Å². The van der Waals surface area contributed by atoms with E-state index in [1.807, 2.05) is 0 Å². The maximum Gasteiger partial charge on any atom is 0.279 e. The van der Waals surface area contributed by atoms with Crippen molar-refractivity contribution in [3.05, 3.63) is 92.5 Å². The van der Waals surface area contributed by atoms with Gasteiger partial charge in [-0.05, 0) is 36.4 Å². The lowest BCUT2D eigenvalue weighted by Gasteiger charge is -2.25. The average Bonchev–Trinajstić information content (AvgIpc) is 2.75. The van der Waals surface area contributed by atoms with Gasteiger partial charge in [0, 0.05) is 12.1 Å². The molecule has 3 rings (SSSR count). The van der Waals surface area contributed by atoms with Gasteiger partial charge in [0.15, 0.2) is 0 Å². The van der Waals surface area contributed by atoms with E-state index < -0.39 is 51.2 Å². The Morgan fingerprint density at radius 1 is 0.875 bits per heavy atom. The van der Waals surface area contributed by atoms with Crippen LogP contribution in [0.25, 0.3) is 0 Å². The molecule has 0 N–H and O–H groups in total. The minimum Gasteiger partial charge on any atom is -0.258 e. The monoisotopic (exact) mass is 511 g/mol. The van der Waals surface area contributed by atoms with Gasteiger partial charge in [0.2, 0.25) is 0 Å². The van der Waals surface area contributed by atoms with E-state index in [2.05, 4.69) is 0 Å². The number of non-ortho nitro benzene ring substituents is 1. The molecule has 3 aromatic rings. The summed E-state index contributed by atoms with van der Waals surface area (Å²) in [7, 11) is -9.93.